The smallest absolute Gasteiger partial charge is 0.338 e. The summed E-state index contributed by atoms with van der Waals surface area (Å²) in [5.74, 6) is -0.260. The second kappa shape index (κ2) is 5.43. The average Bonchev–Trinajstić information content (AvgIpc) is 2.38. The van der Waals surface area contributed by atoms with Crippen LogP contribution in [0.15, 0.2) is 36.5 Å². The first-order valence-corrected chi connectivity index (χ1v) is 5.83. The van der Waals surface area contributed by atoms with Gasteiger partial charge in [0.2, 0.25) is 0 Å². The Morgan fingerprint density at radius 1 is 1.35 bits per heavy atom. The summed E-state index contributed by atoms with van der Waals surface area (Å²) in [6.07, 6.45) is 3.66. The van der Waals surface area contributed by atoms with E-state index in [4.69, 9.17) is 4.74 Å². The quantitative estimate of drug-likeness (QED) is 0.597. The number of hydrogen-bond acceptors (Lipinski definition) is 3. The molecule has 1 heterocycles. The summed E-state index contributed by atoms with van der Waals surface area (Å²) in [5, 5.41) is 0.956. The third-order valence-corrected chi connectivity index (χ3v) is 2.57. The minimum Gasteiger partial charge on any atom is -0.462 e. The number of fused-ring (bicyclic) bond motifs is 1. The number of unbranched alkanes of at least 4 members (excludes halogenated alkanes) is 1. The maximum Gasteiger partial charge on any atom is 0.338 e. The number of rotatable bonds is 4. The van der Waals surface area contributed by atoms with Crippen molar-refractivity contribution in [2.24, 2.45) is 0 Å². The first-order chi connectivity index (χ1) is 8.31. The minimum absolute atomic E-state index is 0.260. The van der Waals surface area contributed by atoms with Gasteiger partial charge in [-0.3, -0.25) is 4.98 Å². The highest BCUT2D eigenvalue weighted by Crippen LogP contribution is 2.14. The van der Waals surface area contributed by atoms with Crippen LogP contribution in [0.25, 0.3) is 10.9 Å². The van der Waals surface area contributed by atoms with Gasteiger partial charge < -0.3 is 4.74 Å². The number of hydrogen-bond donors (Lipinski definition) is 0. The molecule has 0 aliphatic rings. The van der Waals surface area contributed by atoms with E-state index in [0.717, 1.165) is 23.7 Å². The Morgan fingerprint density at radius 3 is 3.06 bits per heavy atom. The summed E-state index contributed by atoms with van der Waals surface area (Å²) in [6.45, 7) is 2.55. The number of aromatic nitrogens is 1. The van der Waals surface area contributed by atoms with Crippen LogP contribution in [-0.2, 0) is 4.74 Å². The van der Waals surface area contributed by atoms with Crippen molar-refractivity contribution < 1.29 is 9.53 Å². The van der Waals surface area contributed by atoms with E-state index in [1.165, 1.54) is 0 Å². The van der Waals surface area contributed by atoms with E-state index in [1.54, 1.807) is 12.3 Å². The maximum atomic E-state index is 11.7. The van der Waals surface area contributed by atoms with Crippen LogP contribution < -0.4 is 0 Å². The van der Waals surface area contributed by atoms with Crippen molar-refractivity contribution in [3.8, 4) is 0 Å². The van der Waals surface area contributed by atoms with E-state index in [-0.39, 0.29) is 5.97 Å². The van der Waals surface area contributed by atoms with E-state index in [2.05, 4.69) is 11.9 Å². The van der Waals surface area contributed by atoms with Gasteiger partial charge >= 0.3 is 5.97 Å². The fraction of sp³-hybridized carbons (Fsp3) is 0.286. The van der Waals surface area contributed by atoms with Crippen LogP contribution in [0.2, 0.25) is 0 Å². The molecule has 0 spiro atoms. The van der Waals surface area contributed by atoms with Crippen LogP contribution in [-0.4, -0.2) is 17.6 Å². The van der Waals surface area contributed by atoms with Crippen molar-refractivity contribution in [2.75, 3.05) is 6.61 Å². The molecule has 0 aliphatic heterocycles. The lowest BCUT2D eigenvalue weighted by Crippen LogP contribution is -2.06. The molecule has 0 N–H and O–H groups in total. The Labute approximate surface area is 100 Å². The highest BCUT2D eigenvalue weighted by Gasteiger charge is 2.07. The molecule has 0 aliphatic carbocycles. The monoisotopic (exact) mass is 229 g/mol. The largest absolute Gasteiger partial charge is 0.462 e. The summed E-state index contributed by atoms with van der Waals surface area (Å²) >= 11 is 0. The molecule has 0 saturated carbocycles. The van der Waals surface area contributed by atoms with Crippen LogP contribution >= 0.6 is 0 Å². The van der Waals surface area contributed by atoms with Gasteiger partial charge in [-0.2, -0.15) is 0 Å². The van der Waals surface area contributed by atoms with Gasteiger partial charge in [0, 0.05) is 11.6 Å². The minimum atomic E-state index is -0.260. The van der Waals surface area contributed by atoms with Gasteiger partial charge in [-0.15, -0.1) is 0 Å². The molecule has 2 aromatic rings. The first-order valence-electron chi connectivity index (χ1n) is 5.83. The zero-order valence-electron chi connectivity index (χ0n) is 9.85. The van der Waals surface area contributed by atoms with Gasteiger partial charge in [0.1, 0.15) is 0 Å². The SMILES string of the molecule is CCCCOC(=O)c1ccc2ncccc2c1. The number of carbonyl (C=O) groups excluding carboxylic acids is 1. The topological polar surface area (TPSA) is 39.2 Å². The van der Waals surface area contributed by atoms with Crippen molar-refractivity contribution in [3.05, 3.63) is 42.1 Å². The van der Waals surface area contributed by atoms with Crippen molar-refractivity contribution in [2.45, 2.75) is 19.8 Å². The zero-order valence-corrected chi connectivity index (χ0v) is 9.85. The lowest BCUT2D eigenvalue weighted by molar-refractivity contribution is 0.0500. The molecule has 0 bridgehead atoms. The van der Waals surface area contributed by atoms with Crippen LogP contribution in [0.5, 0.6) is 0 Å². The van der Waals surface area contributed by atoms with E-state index in [0.29, 0.717) is 12.2 Å². The van der Waals surface area contributed by atoms with Crippen LogP contribution in [0.1, 0.15) is 30.1 Å². The number of ether oxygens (including phenoxy) is 1. The molecule has 0 atom stereocenters. The summed E-state index contributed by atoms with van der Waals surface area (Å²) in [5.41, 5.74) is 1.47. The molecule has 88 valence electrons. The number of pyridine rings is 1. The predicted octanol–water partition coefficient (Wildman–Crippen LogP) is 3.19. The first kappa shape index (κ1) is 11.6. The summed E-state index contributed by atoms with van der Waals surface area (Å²) in [4.78, 5) is 15.9. The zero-order chi connectivity index (χ0) is 12.1. The van der Waals surface area contributed by atoms with E-state index in [9.17, 15) is 4.79 Å². The van der Waals surface area contributed by atoms with Crippen LogP contribution in [0.4, 0.5) is 0 Å². The number of benzene rings is 1. The fourth-order valence-corrected chi connectivity index (χ4v) is 1.60. The van der Waals surface area contributed by atoms with Crippen molar-refractivity contribution in [3.63, 3.8) is 0 Å². The van der Waals surface area contributed by atoms with Crippen molar-refractivity contribution >= 4 is 16.9 Å². The maximum absolute atomic E-state index is 11.7. The molecule has 1 aromatic carbocycles. The van der Waals surface area contributed by atoms with Crippen LogP contribution in [0.3, 0.4) is 0 Å². The second-order valence-electron chi connectivity index (χ2n) is 3.90. The van der Waals surface area contributed by atoms with Gasteiger partial charge in [-0.05, 0) is 30.7 Å². The van der Waals surface area contributed by atoms with Gasteiger partial charge in [-0.1, -0.05) is 19.4 Å². The molecule has 0 radical (unpaired) electrons. The van der Waals surface area contributed by atoms with Gasteiger partial charge in [0.15, 0.2) is 0 Å². The third kappa shape index (κ3) is 2.81. The lowest BCUT2D eigenvalue weighted by Gasteiger charge is -2.04. The molecular weight excluding hydrogens is 214 g/mol. The molecule has 3 heteroatoms. The molecule has 0 amide bonds. The number of nitrogens with zero attached hydrogens (tertiary/aromatic N) is 1. The summed E-state index contributed by atoms with van der Waals surface area (Å²) < 4.78 is 5.16. The molecule has 1 aromatic heterocycles. The van der Waals surface area contributed by atoms with Crippen LogP contribution in [0, 0.1) is 0 Å². The standard InChI is InChI=1S/C14H15NO2/c1-2-3-9-17-14(16)12-6-7-13-11(10-12)5-4-8-15-13/h4-8,10H,2-3,9H2,1H3. The van der Waals surface area contributed by atoms with Gasteiger partial charge in [0.05, 0.1) is 17.7 Å². The summed E-state index contributed by atoms with van der Waals surface area (Å²) in [7, 11) is 0. The molecule has 0 saturated heterocycles. The Kier molecular flexibility index (Phi) is 3.70. The normalized spacial score (nSPS) is 10.4. The Balaban J connectivity index is 2.15. The molecular formula is C14H15NO2. The molecule has 0 unspecified atom stereocenters. The molecule has 0 fully saturated rings. The summed E-state index contributed by atoms with van der Waals surface area (Å²) in [6, 6.07) is 9.20. The van der Waals surface area contributed by atoms with E-state index >= 15 is 0 Å². The van der Waals surface area contributed by atoms with E-state index < -0.39 is 0 Å². The highest BCUT2D eigenvalue weighted by molar-refractivity contribution is 5.94. The van der Waals surface area contributed by atoms with E-state index in [1.807, 2.05) is 24.3 Å². The van der Waals surface area contributed by atoms with Crippen molar-refractivity contribution in [1.29, 1.82) is 0 Å². The van der Waals surface area contributed by atoms with Crippen molar-refractivity contribution in [1.82, 2.24) is 4.98 Å². The number of carbonyl (C=O) groups is 1. The Bertz CT molecular complexity index is 522. The third-order valence-electron chi connectivity index (χ3n) is 2.57. The Morgan fingerprint density at radius 2 is 2.24 bits per heavy atom. The second-order valence-corrected chi connectivity index (χ2v) is 3.90. The predicted molar refractivity (Wildman–Crippen MR) is 66.9 cm³/mol. The molecule has 17 heavy (non-hydrogen) atoms. The number of esters is 1. The highest BCUT2D eigenvalue weighted by atomic mass is 16.5. The fourth-order valence-electron chi connectivity index (χ4n) is 1.60. The van der Waals surface area contributed by atoms with Gasteiger partial charge in [-0.25, -0.2) is 4.79 Å². The Hall–Kier alpha value is -1.90. The molecule has 2 rings (SSSR count). The van der Waals surface area contributed by atoms with Gasteiger partial charge in [0.25, 0.3) is 0 Å². The molecule has 3 nitrogen and oxygen atoms in total. The average molecular weight is 229 g/mol. The lowest BCUT2D eigenvalue weighted by atomic mass is 10.1.